The highest BCUT2D eigenvalue weighted by Gasteiger charge is 2.57. The number of halogens is 1. The van der Waals surface area contributed by atoms with E-state index in [-0.39, 0.29) is 36.3 Å². The fourth-order valence-electron chi connectivity index (χ4n) is 6.53. The van der Waals surface area contributed by atoms with E-state index in [9.17, 15) is 24.0 Å². The lowest BCUT2D eigenvalue weighted by atomic mass is 9.91. The molecule has 9 nitrogen and oxygen atoms in total. The number of ether oxygens (including phenoxy) is 1. The van der Waals surface area contributed by atoms with Crippen molar-refractivity contribution in [2.75, 3.05) is 13.1 Å². The van der Waals surface area contributed by atoms with Gasteiger partial charge in [-0.15, -0.1) is 0 Å². The molecule has 4 aliphatic rings. The molecule has 5 rings (SSSR count). The SMILES string of the molecule is CC(C)(C)OC(=O)N[C@@H](CN1C[C@H]2C[C@@H]1C(=O)N2C(C)(C)c1ccc(F)cc1)C(=O)N1[C@H](C#N)C[C@@H]2C[C@@H]21. The van der Waals surface area contributed by atoms with Gasteiger partial charge in [-0.1, -0.05) is 12.1 Å². The van der Waals surface area contributed by atoms with E-state index in [0.717, 1.165) is 12.0 Å². The molecule has 1 N–H and O–H groups in total. The van der Waals surface area contributed by atoms with Gasteiger partial charge < -0.3 is 19.9 Å². The molecule has 3 amide bonds. The van der Waals surface area contributed by atoms with Crippen molar-refractivity contribution in [3.05, 3.63) is 35.6 Å². The molecule has 1 saturated carbocycles. The van der Waals surface area contributed by atoms with E-state index in [1.165, 1.54) is 12.1 Å². The number of piperidine rings is 1. The summed E-state index contributed by atoms with van der Waals surface area (Å²) in [6, 6.07) is 6.55. The van der Waals surface area contributed by atoms with Gasteiger partial charge in [0.15, 0.2) is 0 Å². The smallest absolute Gasteiger partial charge is 0.408 e. The number of likely N-dealkylation sites (tertiary alicyclic amines) is 3. The van der Waals surface area contributed by atoms with Gasteiger partial charge in [0.1, 0.15) is 23.5 Å². The van der Waals surface area contributed by atoms with Crippen LogP contribution in [0.15, 0.2) is 24.3 Å². The number of nitrogens with zero attached hydrogens (tertiary/aromatic N) is 4. The second-order valence-corrected chi connectivity index (χ2v) is 12.5. The van der Waals surface area contributed by atoms with Crippen LogP contribution in [0.2, 0.25) is 0 Å². The molecule has 204 valence electrons. The van der Waals surface area contributed by atoms with Crippen molar-refractivity contribution in [1.29, 1.82) is 5.26 Å². The van der Waals surface area contributed by atoms with Crippen LogP contribution in [0.3, 0.4) is 0 Å². The van der Waals surface area contributed by atoms with Crippen LogP contribution in [0.1, 0.15) is 59.4 Å². The zero-order valence-corrected chi connectivity index (χ0v) is 22.6. The molecule has 3 heterocycles. The summed E-state index contributed by atoms with van der Waals surface area (Å²) >= 11 is 0. The Labute approximate surface area is 222 Å². The number of benzene rings is 1. The van der Waals surface area contributed by atoms with Crippen molar-refractivity contribution in [3.63, 3.8) is 0 Å². The second kappa shape index (κ2) is 9.23. The standard InChI is InChI=1S/C28H36FN5O4/c1-27(2,3)38-26(37)31-21(24(35)33-19(13-30)10-16-11-22(16)33)15-32-14-20-12-23(32)25(36)34(20)28(4,5)17-6-8-18(29)9-7-17/h6-9,16,19-23H,10-12,14-15H2,1-5H3,(H,31,37)/t16-,19+,20-,21+,22+,23-/m1/s1. The molecular weight excluding hydrogens is 489 g/mol. The molecule has 6 atom stereocenters. The predicted octanol–water partition coefficient (Wildman–Crippen LogP) is 2.75. The van der Waals surface area contributed by atoms with E-state index in [2.05, 4.69) is 11.4 Å². The lowest BCUT2D eigenvalue weighted by Gasteiger charge is -2.44. The number of carbonyl (C=O) groups is 3. The summed E-state index contributed by atoms with van der Waals surface area (Å²) in [5, 5.41) is 12.4. The van der Waals surface area contributed by atoms with Crippen molar-refractivity contribution >= 4 is 17.9 Å². The van der Waals surface area contributed by atoms with Gasteiger partial charge in [-0.3, -0.25) is 14.5 Å². The number of rotatable bonds is 6. The van der Waals surface area contributed by atoms with E-state index < -0.39 is 35.4 Å². The summed E-state index contributed by atoms with van der Waals surface area (Å²) < 4.78 is 18.9. The number of alkyl carbamates (subject to hydrolysis) is 1. The zero-order chi connectivity index (χ0) is 27.6. The number of amides is 3. The monoisotopic (exact) mass is 525 g/mol. The summed E-state index contributed by atoms with van der Waals surface area (Å²) in [6.07, 6.45) is 1.45. The van der Waals surface area contributed by atoms with Crippen LogP contribution in [-0.2, 0) is 19.9 Å². The van der Waals surface area contributed by atoms with Crippen LogP contribution < -0.4 is 5.32 Å². The van der Waals surface area contributed by atoms with Crippen LogP contribution in [0.25, 0.3) is 0 Å². The molecular formula is C28H36FN5O4. The third kappa shape index (κ3) is 4.73. The minimum Gasteiger partial charge on any atom is -0.444 e. The van der Waals surface area contributed by atoms with Gasteiger partial charge in [0.2, 0.25) is 11.8 Å². The first-order valence-corrected chi connectivity index (χ1v) is 13.3. The molecule has 0 aromatic heterocycles. The van der Waals surface area contributed by atoms with E-state index in [0.29, 0.717) is 25.3 Å². The first kappa shape index (κ1) is 26.4. The van der Waals surface area contributed by atoms with Gasteiger partial charge in [0.05, 0.1) is 17.6 Å². The zero-order valence-electron chi connectivity index (χ0n) is 22.6. The minimum absolute atomic E-state index is 0.0405. The van der Waals surface area contributed by atoms with Crippen molar-refractivity contribution in [3.8, 4) is 6.07 Å². The van der Waals surface area contributed by atoms with Crippen molar-refractivity contribution in [2.24, 2.45) is 5.92 Å². The third-order valence-corrected chi connectivity index (χ3v) is 8.34. The molecule has 10 heteroatoms. The number of hydrogen-bond acceptors (Lipinski definition) is 6. The van der Waals surface area contributed by atoms with Gasteiger partial charge >= 0.3 is 6.09 Å². The number of nitriles is 1. The van der Waals surface area contributed by atoms with E-state index in [1.807, 2.05) is 23.6 Å². The molecule has 3 saturated heterocycles. The Hall–Kier alpha value is -3.19. The molecule has 0 radical (unpaired) electrons. The highest BCUT2D eigenvalue weighted by Crippen LogP contribution is 2.48. The van der Waals surface area contributed by atoms with Crippen LogP contribution >= 0.6 is 0 Å². The van der Waals surface area contributed by atoms with Gasteiger partial charge in [-0.2, -0.15) is 5.26 Å². The maximum atomic E-state index is 13.7. The molecule has 3 aliphatic heterocycles. The number of nitrogens with one attached hydrogen (secondary N) is 1. The fraction of sp³-hybridized carbons (Fsp3) is 0.643. The molecule has 2 bridgehead atoms. The average molecular weight is 526 g/mol. The predicted molar refractivity (Wildman–Crippen MR) is 136 cm³/mol. The van der Waals surface area contributed by atoms with Gasteiger partial charge in [0.25, 0.3) is 0 Å². The highest BCUT2D eigenvalue weighted by molar-refractivity contribution is 5.89. The lowest BCUT2D eigenvalue weighted by molar-refractivity contribution is -0.144. The Morgan fingerprint density at radius 1 is 1.16 bits per heavy atom. The maximum absolute atomic E-state index is 13.7. The first-order chi connectivity index (χ1) is 17.8. The number of piperazine rings is 1. The van der Waals surface area contributed by atoms with Gasteiger partial charge in [-0.25, -0.2) is 9.18 Å². The molecule has 1 aromatic carbocycles. The fourth-order valence-corrected chi connectivity index (χ4v) is 6.53. The number of carbonyl (C=O) groups excluding carboxylic acids is 3. The third-order valence-electron chi connectivity index (χ3n) is 8.34. The Kier molecular flexibility index (Phi) is 6.41. The van der Waals surface area contributed by atoms with Crippen LogP contribution in [0, 0.1) is 23.1 Å². The average Bonchev–Trinajstić information content (AvgIpc) is 3.15. The summed E-state index contributed by atoms with van der Waals surface area (Å²) in [5.41, 5.74) is -0.518. The quantitative estimate of drug-likeness (QED) is 0.612. The normalized spacial score (nSPS) is 29.2. The molecule has 1 aliphatic carbocycles. The largest absolute Gasteiger partial charge is 0.444 e. The number of fused-ring (bicyclic) bond motifs is 3. The Morgan fingerprint density at radius 3 is 2.45 bits per heavy atom. The Balaban J connectivity index is 1.33. The van der Waals surface area contributed by atoms with Gasteiger partial charge in [0, 0.05) is 25.2 Å². The topological polar surface area (TPSA) is 106 Å². The van der Waals surface area contributed by atoms with Crippen LogP contribution in [0.5, 0.6) is 0 Å². The van der Waals surface area contributed by atoms with Crippen molar-refractivity contribution in [1.82, 2.24) is 20.0 Å². The molecule has 38 heavy (non-hydrogen) atoms. The number of hydrogen-bond donors (Lipinski definition) is 1. The van der Waals surface area contributed by atoms with Crippen LogP contribution in [0.4, 0.5) is 9.18 Å². The maximum Gasteiger partial charge on any atom is 0.408 e. The minimum atomic E-state index is -0.939. The summed E-state index contributed by atoms with van der Waals surface area (Å²) in [6.45, 7) is 9.87. The van der Waals surface area contributed by atoms with E-state index in [4.69, 9.17) is 4.74 Å². The van der Waals surface area contributed by atoms with E-state index in [1.54, 1.807) is 37.8 Å². The van der Waals surface area contributed by atoms with Crippen LogP contribution in [-0.4, -0.2) is 81.5 Å². The van der Waals surface area contributed by atoms with Crippen molar-refractivity contribution in [2.45, 2.75) is 95.2 Å². The molecule has 0 spiro atoms. The summed E-state index contributed by atoms with van der Waals surface area (Å²) in [7, 11) is 0. The highest BCUT2D eigenvalue weighted by atomic mass is 19.1. The molecule has 0 unspecified atom stereocenters. The van der Waals surface area contributed by atoms with E-state index >= 15 is 0 Å². The van der Waals surface area contributed by atoms with Gasteiger partial charge in [-0.05, 0) is 77.5 Å². The lowest BCUT2D eigenvalue weighted by Crippen LogP contribution is -2.61. The summed E-state index contributed by atoms with van der Waals surface area (Å²) in [5.74, 6) is -0.326. The first-order valence-electron chi connectivity index (χ1n) is 13.3. The Morgan fingerprint density at radius 2 is 1.84 bits per heavy atom. The van der Waals surface area contributed by atoms with Crippen molar-refractivity contribution < 1.29 is 23.5 Å². The summed E-state index contributed by atoms with van der Waals surface area (Å²) in [4.78, 5) is 45.5. The Bertz CT molecular complexity index is 1170. The second-order valence-electron chi connectivity index (χ2n) is 12.5. The molecule has 1 aromatic rings. The molecule has 4 fully saturated rings.